The lowest BCUT2D eigenvalue weighted by atomic mass is 9.83. The zero-order valence-electron chi connectivity index (χ0n) is 16.6. The number of nitrogens with zero attached hydrogens (tertiary/aromatic N) is 3. The summed E-state index contributed by atoms with van der Waals surface area (Å²) in [5.41, 5.74) is 0.249. The molecule has 2 rings (SSSR count). The quantitative estimate of drug-likeness (QED) is 0.341. The second-order valence-electron chi connectivity index (χ2n) is 7.59. The van der Waals surface area contributed by atoms with E-state index in [0.717, 1.165) is 25.5 Å². The van der Waals surface area contributed by atoms with Gasteiger partial charge in [-0.3, -0.25) is 9.89 Å². The van der Waals surface area contributed by atoms with Crippen molar-refractivity contribution in [2.45, 2.75) is 51.2 Å². The highest BCUT2D eigenvalue weighted by Crippen LogP contribution is 2.40. The van der Waals surface area contributed by atoms with Crippen LogP contribution in [0.3, 0.4) is 0 Å². The van der Waals surface area contributed by atoms with E-state index < -0.39 is 12.2 Å². The van der Waals surface area contributed by atoms with Gasteiger partial charge in [0.1, 0.15) is 6.04 Å². The first-order valence-corrected chi connectivity index (χ1v) is 9.57. The largest absolute Gasteiger partial charge is 0.403 e. The predicted molar refractivity (Wildman–Crippen MR) is 113 cm³/mol. The molecule has 1 heterocycles. The molecular formula is C18H34F3IN4O. The van der Waals surface area contributed by atoms with Crippen LogP contribution >= 0.6 is 24.0 Å². The van der Waals surface area contributed by atoms with Crippen LogP contribution in [0.4, 0.5) is 13.2 Å². The first-order valence-electron chi connectivity index (χ1n) is 9.57. The van der Waals surface area contributed by atoms with Crippen LogP contribution in [0.5, 0.6) is 0 Å². The summed E-state index contributed by atoms with van der Waals surface area (Å²) in [6.45, 7) is 4.77. The number of ether oxygens (including phenoxy) is 1. The van der Waals surface area contributed by atoms with Crippen molar-refractivity contribution >= 4 is 29.9 Å². The maximum Gasteiger partial charge on any atom is 0.403 e. The molecule has 1 saturated heterocycles. The molecular weight excluding hydrogens is 472 g/mol. The van der Waals surface area contributed by atoms with Crippen LogP contribution in [-0.2, 0) is 4.74 Å². The smallest absolute Gasteiger partial charge is 0.385 e. The summed E-state index contributed by atoms with van der Waals surface area (Å²) in [6.07, 6.45) is 1.74. The summed E-state index contributed by atoms with van der Waals surface area (Å²) in [4.78, 5) is 7.93. The SMILES string of the molecule is CN=C(NCC1(CCOC)CCCC1)N1CCN(C(C)C(F)(F)F)CC1.I. The van der Waals surface area contributed by atoms with Gasteiger partial charge in [-0.05, 0) is 31.6 Å². The molecule has 0 amide bonds. The zero-order chi connectivity index (χ0) is 19.2. The van der Waals surface area contributed by atoms with Gasteiger partial charge in [0.15, 0.2) is 5.96 Å². The molecule has 1 saturated carbocycles. The van der Waals surface area contributed by atoms with Crippen LogP contribution in [-0.4, -0.2) is 81.5 Å². The molecule has 0 spiro atoms. The van der Waals surface area contributed by atoms with Crippen LogP contribution in [0.1, 0.15) is 39.0 Å². The van der Waals surface area contributed by atoms with E-state index in [2.05, 4.69) is 15.2 Å². The van der Waals surface area contributed by atoms with E-state index in [4.69, 9.17) is 4.74 Å². The average molecular weight is 506 g/mol. The summed E-state index contributed by atoms with van der Waals surface area (Å²) >= 11 is 0. The average Bonchev–Trinajstić information content (AvgIpc) is 3.09. The second-order valence-corrected chi connectivity index (χ2v) is 7.59. The Morgan fingerprint density at radius 2 is 1.78 bits per heavy atom. The maximum atomic E-state index is 12.9. The number of aliphatic imine (C=N–C) groups is 1. The molecule has 0 aromatic heterocycles. The summed E-state index contributed by atoms with van der Waals surface area (Å²) in [5.74, 6) is 0.799. The molecule has 0 radical (unpaired) electrons. The fourth-order valence-electron chi connectivity index (χ4n) is 4.09. The normalized spacial score (nSPS) is 22.4. The number of guanidine groups is 1. The Hall–Kier alpha value is -0.290. The van der Waals surface area contributed by atoms with Gasteiger partial charge in [0.25, 0.3) is 0 Å². The van der Waals surface area contributed by atoms with Gasteiger partial charge in [0, 0.05) is 53.5 Å². The summed E-state index contributed by atoms with van der Waals surface area (Å²) in [7, 11) is 3.47. The first-order chi connectivity index (χ1) is 12.3. The summed E-state index contributed by atoms with van der Waals surface area (Å²) in [6, 6.07) is -1.39. The molecule has 1 aliphatic carbocycles. The van der Waals surface area contributed by atoms with Crippen molar-refractivity contribution < 1.29 is 17.9 Å². The zero-order valence-corrected chi connectivity index (χ0v) is 19.0. The molecule has 5 nitrogen and oxygen atoms in total. The summed E-state index contributed by atoms with van der Waals surface area (Å²) in [5, 5.41) is 3.48. The number of rotatable bonds is 6. The number of piperazine rings is 1. The molecule has 9 heteroatoms. The minimum Gasteiger partial charge on any atom is -0.385 e. The third-order valence-corrected chi connectivity index (χ3v) is 5.97. The third kappa shape index (κ3) is 6.92. The number of hydrogen-bond donors (Lipinski definition) is 1. The molecule has 1 N–H and O–H groups in total. The van der Waals surface area contributed by atoms with Crippen LogP contribution in [0.2, 0.25) is 0 Å². The molecule has 1 unspecified atom stereocenters. The van der Waals surface area contributed by atoms with Crippen molar-refractivity contribution in [1.29, 1.82) is 0 Å². The van der Waals surface area contributed by atoms with Gasteiger partial charge in [0.05, 0.1) is 0 Å². The van der Waals surface area contributed by atoms with Crippen LogP contribution in [0, 0.1) is 5.41 Å². The molecule has 160 valence electrons. The Morgan fingerprint density at radius 1 is 1.19 bits per heavy atom. The van der Waals surface area contributed by atoms with Gasteiger partial charge in [-0.25, -0.2) is 0 Å². The van der Waals surface area contributed by atoms with Gasteiger partial charge >= 0.3 is 6.18 Å². The van der Waals surface area contributed by atoms with Crippen molar-refractivity contribution in [3.05, 3.63) is 0 Å². The number of hydrogen-bond acceptors (Lipinski definition) is 3. The van der Waals surface area contributed by atoms with Gasteiger partial charge in [0.2, 0.25) is 0 Å². The lowest BCUT2D eigenvalue weighted by molar-refractivity contribution is -0.181. The van der Waals surface area contributed by atoms with E-state index in [1.165, 1.54) is 37.5 Å². The van der Waals surface area contributed by atoms with Crippen molar-refractivity contribution in [3.8, 4) is 0 Å². The van der Waals surface area contributed by atoms with Gasteiger partial charge in [-0.15, -0.1) is 24.0 Å². The van der Waals surface area contributed by atoms with Crippen LogP contribution in [0.25, 0.3) is 0 Å². The molecule has 0 bridgehead atoms. The molecule has 2 fully saturated rings. The Bertz CT molecular complexity index is 462. The highest BCUT2D eigenvalue weighted by Gasteiger charge is 2.41. The van der Waals surface area contributed by atoms with Gasteiger partial charge in [-0.2, -0.15) is 13.2 Å². The molecule has 1 aliphatic heterocycles. The Labute approximate surface area is 178 Å². The molecule has 27 heavy (non-hydrogen) atoms. The topological polar surface area (TPSA) is 40.1 Å². The fraction of sp³-hybridized carbons (Fsp3) is 0.944. The predicted octanol–water partition coefficient (Wildman–Crippen LogP) is 3.35. The van der Waals surface area contributed by atoms with Crippen molar-refractivity contribution in [1.82, 2.24) is 15.1 Å². The van der Waals surface area contributed by atoms with Gasteiger partial charge in [-0.1, -0.05) is 12.8 Å². The van der Waals surface area contributed by atoms with Crippen molar-refractivity contribution in [2.75, 3.05) is 53.5 Å². The van der Waals surface area contributed by atoms with Crippen LogP contribution < -0.4 is 5.32 Å². The second kappa shape index (κ2) is 11.0. The van der Waals surface area contributed by atoms with E-state index in [0.29, 0.717) is 26.2 Å². The molecule has 0 aromatic carbocycles. The van der Waals surface area contributed by atoms with Crippen LogP contribution in [0.15, 0.2) is 4.99 Å². The van der Waals surface area contributed by atoms with E-state index in [-0.39, 0.29) is 29.4 Å². The molecule has 2 aliphatic rings. The van der Waals surface area contributed by atoms with Crippen molar-refractivity contribution in [2.24, 2.45) is 10.4 Å². The molecule has 1 atom stereocenters. The van der Waals surface area contributed by atoms with E-state index >= 15 is 0 Å². The number of alkyl halides is 3. The minimum atomic E-state index is -4.17. The highest BCUT2D eigenvalue weighted by atomic mass is 127. The van der Waals surface area contributed by atoms with Crippen molar-refractivity contribution in [3.63, 3.8) is 0 Å². The minimum absolute atomic E-state index is 0. The van der Waals surface area contributed by atoms with Gasteiger partial charge < -0.3 is 15.0 Å². The monoisotopic (exact) mass is 506 g/mol. The highest BCUT2D eigenvalue weighted by molar-refractivity contribution is 14.0. The Kier molecular flexibility index (Phi) is 10.1. The number of halogens is 4. The lowest BCUT2D eigenvalue weighted by Gasteiger charge is -2.40. The molecule has 0 aromatic rings. The fourth-order valence-corrected chi connectivity index (χ4v) is 4.09. The Balaban J connectivity index is 0.00000364. The van der Waals surface area contributed by atoms with E-state index in [9.17, 15) is 13.2 Å². The number of nitrogens with one attached hydrogen (secondary N) is 1. The standard InChI is InChI=1S/C18H33F3N4O.HI/c1-15(18(19,20)21)24-9-11-25(12-10-24)16(22-2)23-14-17(8-13-26-3)6-4-5-7-17;/h15H,4-14H2,1-3H3,(H,22,23);1H. The maximum absolute atomic E-state index is 12.9. The third-order valence-electron chi connectivity index (χ3n) is 5.97. The summed E-state index contributed by atoms with van der Waals surface area (Å²) < 4.78 is 43.9. The van der Waals surface area contributed by atoms with E-state index in [1.807, 2.05) is 0 Å². The van der Waals surface area contributed by atoms with E-state index in [1.54, 1.807) is 14.2 Å². The Morgan fingerprint density at radius 3 is 2.26 bits per heavy atom. The first kappa shape index (κ1) is 24.7. The lowest BCUT2D eigenvalue weighted by Crippen LogP contribution is -2.57. The number of methoxy groups -OCH3 is 1.